The number of rotatable bonds is 3. The van der Waals surface area contributed by atoms with Crippen LogP contribution in [0.25, 0.3) is 0 Å². The van der Waals surface area contributed by atoms with Gasteiger partial charge in [-0.25, -0.2) is 4.98 Å². The van der Waals surface area contributed by atoms with Gasteiger partial charge in [0.05, 0.1) is 17.6 Å². The molecule has 1 fully saturated rings. The normalized spacial score (nSPS) is 20.4. The Bertz CT molecular complexity index is 367. The first-order chi connectivity index (χ1) is 7.70. The summed E-state index contributed by atoms with van der Waals surface area (Å²) in [7, 11) is 0. The molecule has 0 amide bonds. The molecule has 0 radical (unpaired) electrons. The fourth-order valence-electron chi connectivity index (χ4n) is 2.11. The molecule has 0 N–H and O–H groups in total. The molecule has 1 aliphatic heterocycles. The molecule has 0 saturated carbocycles. The molecule has 3 nitrogen and oxygen atoms in total. The number of aromatic nitrogens is 2. The Balaban J connectivity index is 2.05. The summed E-state index contributed by atoms with van der Waals surface area (Å²) < 4.78 is 0. The van der Waals surface area contributed by atoms with Crippen molar-refractivity contribution in [3.8, 4) is 0 Å². The number of halogens is 1. The van der Waals surface area contributed by atoms with Crippen molar-refractivity contribution < 1.29 is 0 Å². The van der Waals surface area contributed by atoms with E-state index in [0.29, 0.717) is 0 Å². The number of hydrogen-bond donors (Lipinski definition) is 0. The Kier molecular flexibility index (Phi) is 3.79. The van der Waals surface area contributed by atoms with Crippen molar-refractivity contribution in [1.29, 1.82) is 0 Å². The monoisotopic (exact) mass is 283 g/mol. The topological polar surface area (TPSA) is 29.0 Å². The summed E-state index contributed by atoms with van der Waals surface area (Å²) in [5.74, 6) is 1.85. The zero-order valence-corrected chi connectivity index (χ0v) is 11.5. The van der Waals surface area contributed by atoms with Gasteiger partial charge in [-0.15, -0.1) is 0 Å². The third-order valence-electron chi connectivity index (χ3n) is 3.31. The fourth-order valence-corrected chi connectivity index (χ4v) is 2.76. The lowest BCUT2D eigenvalue weighted by Gasteiger charge is -2.17. The number of nitrogens with zero attached hydrogens (tertiary/aromatic N) is 3. The summed E-state index contributed by atoms with van der Waals surface area (Å²) in [6.45, 7) is 6.28. The highest BCUT2D eigenvalue weighted by molar-refractivity contribution is 9.09. The predicted octanol–water partition coefficient (Wildman–Crippen LogP) is 2.70. The van der Waals surface area contributed by atoms with Crippen molar-refractivity contribution in [3.05, 3.63) is 17.6 Å². The first kappa shape index (κ1) is 11.8. The van der Waals surface area contributed by atoms with Crippen LogP contribution in [0, 0.1) is 19.8 Å². The first-order valence-corrected chi connectivity index (χ1v) is 6.94. The minimum absolute atomic E-state index is 0.808. The quantitative estimate of drug-likeness (QED) is 0.799. The van der Waals surface area contributed by atoms with Gasteiger partial charge in [-0.2, -0.15) is 0 Å². The van der Waals surface area contributed by atoms with Gasteiger partial charge in [-0.05, 0) is 32.6 Å². The lowest BCUT2D eigenvalue weighted by atomic mass is 10.1. The van der Waals surface area contributed by atoms with Gasteiger partial charge in [-0.3, -0.25) is 4.98 Å². The van der Waals surface area contributed by atoms with Gasteiger partial charge in [0.25, 0.3) is 0 Å². The van der Waals surface area contributed by atoms with E-state index in [9.17, 15) is 0 Å². The Morgan fingerprint density at radius 2 is 2.25 bits per heavy atom. The molecule has 1 aliphatic rings. The average molecular weight is 284 g/mol. The summed E-state index contributed by atoms with van der Waals surface area (Å²) in [5.41, 5.74) is 2.07. The number of anilines is 1. The summed E-state index contributed by atoms with van der Waals surface area (Å²) in [6, 6.07) is 0. The molecule has 1 saturated heterocycles. The van der Waals surface area contributed by atoms with E-state index in [1.54, 1.807) is 0 Å². The minimum Gasteiger partial charge on any atom is -0.355 e. The Morgan fingerprint density at radius 3 is 2.94 bits per heavy atom. The fraction of sp³-hybridized carbons (Fsp3) is 0.667. The van der Waals surface area contributed by atoms with Gasteiger partial charge < -0.3 is 4.90 Å². The Labute approximate surface area is 105 Å². The van der Waals surface area contributed by atoms with Crippen LogP contribution in [0.2, 0.25) is 0 Å². The van der Waals surface area contributed by atoms with Crippen LogP contribution < -0.4 is 4.90 Å². The summed E-state index contributed by atoms with van der Waals surface area (Å²) in [5, 5.41) is 1.10. The summed E-state index contributed by atoms with van der Waals surface area (Å²) in [4.78, 5) is 11.3. The average Bonchev–Trinajstić information content (AvgIpc) is 2.71. The van der Waals surface area contributed by atoms with Crippen LogP contribution in [0.4, 0.5) is 5.82 Å². The molecule has 0 aromatic carbocycles. The molecule has 88 valence electrons. The molecule has 0 aliphatic carbocycles. The second kappa shape index (κ2) is 5.13. The molecular formula is C12H18BrN3. The Morgan fingerprint density at radius 1 is 1.44 bits per heavy atom. The van der Waals surface area contributed by atoms with Crippen molar-refractivity contribution in [2.75, 3.05) is 23.3 Å². The molecule has 0 bridgehead atoms. The van der Waals surface area contributed by atoms with Gasteiger partial charge in [0.15, 0.2) is 0 Å². The van der Waals surface area contributed by atoms with Crippen molar-refractivity contribution >= 4 is 21.7 Å². The molecular weight excluding hydrogens is 266 g/mol. The van der Waals surface area contributed by atoms with E-state index in [1.807, 2.05) is 20.0 Å². The standard InChI is InChI=1S/C12H18BrN3/c1-9-10(2)15-12(7-14-9)16-6-4-11(8-16)3-5-13/h7,11H,3-6,8H2,1-2H3. The zero-order valence-electron chi connectivity index (χ0n) is 9.91. The molecule has 4 heteroatoms. The number of alkyl halides is 1. The van der Waals surface area contributed by atoms with E-state index in [0.717, 1.165) is 41.5 Å². The van der Waals surface area contributed by atoms with E-state index >= 15 is 0 Å². The van der Waals surface area contributed by atoms with Crippen molar-refractivity contribution in [3.63, 3.8) is 0 Å². The number of hydrogen-bond acceptors (Lipinski definition) is 3. The van der Waals surface area contributed by atoms with Crippen LogP contribution in [-0.4, -0.2) is 28.4 Å². The number of aryl methyl sites for hydroxylation is 2. The smallest absolute Gasteiger partial charge is 0.147 e. The van der Waals surface area contributed by atoms with E-state index in [4.69, 9.17) is 0 Å². The first-order valence-electron chi connectivity index (χ1n) is 5.82. The van der Waals surface area contributed by atoms with E-state index in [1.165, 1.54) is 12.8 Å². The van der Waals surface area contributed by atoms with Gasteiger partial charge in [0.1, 0.15) is 5.82 Å². The lowest BCUT2D eigenvalue weighted by Crippen LogP contribution is -2.21. The maximum atomic E-state index is 4.60. The molecule has 1 atom stereocenters. The van der Waals surface area contributed by atoms with Crippen LogP contribution in [0.1, 0.15) is 24.2 Å². The van der Waals surface area contributed by atoms with E-state index in [-0.39, 0.29) is 0 Å². The van der Waals surface area contributed by atoms with Gasteiger partial charge >= 0.3 is 0 Å². The molecule has 0 spiro atoms. The molecule has 1 aromatic rings. The SMILES string of the molecule is Cc1ncc(N2CCC(CCBr)C2)nc1C. The second-order valence-electron chi connectivity index (χ2n) is 4.48. The predicted molar refractivity (Wildman–Crippen MR) is 70.2 cm³/mol. The highest BCUT2D eigenvalue weighted by atomic mass is 79.9. The molecule has 1 unspecified atom stereocenters. The highest BCUT2D eigenvalue weighted by Gasteiger charge is 2.23. The Hall–Kier alpha value is -0.640. The summed E-state index contributed by atoms with van der Waals surface area (Å²) >= 11 is 3.51. The molecule has 2 heterocycles. The minimum atomic E-state index is 0.808. The molecule has 1 aromatic heterocycles. The van der Waals surface area contributed by atoms with Crippen LogP contribution in [0.3, 0.4) is 0 Å². The lowest BCUT2D eigenvalue weighted by molar-refractivity contribution is 0.575. The highest BCUT2D eigenvalue weighted by Crippen LogP contribution is 2.24. The van der Waals surface area contributed by atoms with Crippen LogP contribution in [0.5, 0.6) is 0 Å². The van der Waals surface area contributed by atoms with Crippen LogP contribution in [0.15, 0.2) is 6.20 Å². The maximum Gasteiger partial charge on any atom is 0.147 e. The third kappa shape index (κ3) is 2.54. The van der Waals surface area contributed by atoms with Crippen LogP contribution in [-0.2, 0) is 0 Å². The van der Waals surface area contributed by atoms with E-state index in [2.05, 4.69) is 30.8 Å². The van der Waals surface area contributed by atoms with Crippen molar-refractivity contribution in [2.24, 2.45) is 5.92 Å². The molecule has 2 rings (SSSR count). The maximum absolute atomic E-state index is 4.60. The van der Waals surface area contributed by atoms with Gasteiger partial charge in [0, 0.05) is 18.4 Å². The largest absolute Gasteiger partial charge is 0.355 e. The summed E-state index contributed by atoms with van der Waals surface area (Å²) in [6.07, 6.45) is 4.44. The zero-order chi connectivity index (χ0) is 11.5. The van der Waals surface area contributed by atoms with Crippen molar-refractivity contribution in [2.45, 2.75) is 26.7 Å². The van der Waals surface area contributed by atoms with Gasteiger partial charge in [0.2, 0.25) is 0 Å². The third-order valence-corrected chi connectivity index (χ3v) is 3.76. The molecule has 16 heavy (non-hydrogen) atoms. The van der Waals surface area contributed by atoms with Gasteiger partial charge in [-0.1, -0.05) is 15.9 Å². The van der Waals surface area contributed by atoms with Crippen LogP contribution >= 0.6 is 15.9 Å². The van der Waals surface area contributed by atoms with Crippen molar-refractivity contribution in [1.82, 2.24) is 9.97 Å². The second-order valence-corrected chi connectivity index (χ2v) is 5.27. The van der Waals surface area contributed by atoms with E-state index < -0.39 is 0 Å².